The van der Waals surface area contributed by atoms with Crippen LogP contribution in [0, 0.1) is 0 Å². The number of halogens is 2. The Morgan fingerprint density at radius 3 is 1.97 bits per heavy atom. The van der Waals surface area contributed by atoms with Crippen LogP contribution >= 0.6 is 23.2 Å². The van der Waals surface area contributed by atoms with Gasteiger partial charge >= 0.3 is 0 Å². The van der Waals surface area contributed by atoms with Crippen LogP contribution in [0.3, 0.4) is 0 Å². The number of nitrogens with zero attached hydrogens (tertiary/aromatic N) is 3. The van der Waals surface area contributed by atoms with Gasteiger partial charge in [0, 0.05) is 27.7 Å². The molecular weight excluding hydrogens is 409 g/mol. The average Bonchev–Trinajstić information content (AvgIpc) is 2.71. The van der Waals surface area contributed by atoms with Crippen LogP contribution in [-0.4, -0.2) is 55.3 Å². The molecule has 0 fully saturated rings. The van der Waals surface area contributed by atoms with Gasteiger partial charge in [0.25, 0.3) is 0 Å². The molecule has 3 rings (SSSR count). The second-order valence-corrected chi connectivity index (χ2v) is 7.56. The predicted octanol–water partition coefficient (Wildman–Crippen LogP) is 5.07. The quantitative estimate of drug-likeness (QED) is 0.442. The highest BCUT2D eigenvalue weighted by Crippen LogP contribution is 2.31. The Hall–Kier alpha value is -2.18. The number of benzene rings is 2. The molecule has 3 aromatic rings. The van der Waals surface area contributed by atoms with Crippen LogP contribution in [0.5, 0.6) is 5.88 Å². The first-order valence-electron chi connectivity index (χ1n) is 9.27. The van der Waals surface area contributed by atoms with Gasteiger partial charge in [-0.3, -0.25) is 0 Å². The molecule has 29 heavy (non-hydrogen) atoms. The summed E-state index contributed by atoms with van der Waals surface area (Å²) in [4.78, 5) is 11.4. The van der Waals surface area contributed by atoms with E-state index in [4.69, 9.17) is 37.7 Å². The first-order chi connectivity index (χ1) is 14.0. The molecule has 7 heteroatoms. The zero-order valence-corrected chi connectivity index (χ0v) is 18.0. The van der Waals surface area contributed by atoms with Crippen LogP contribution in [0.1, 0.15) is 0 Å². The smallest absolute Gasteiger partial charge is 0.232 e. The molecule has 0 saturated heterocycles. The summed E-state index contributed by atoms with van der Waals surface area (Å²) >= 11 is 12.1. The lowest BCUT2D eigenvalue weighted by Gasteiger charge is -2.12. The van der Waals surface area contributed by atoms with Gasteiger partial charge in [-0.15, -0.1) is 0 Å². The van der Waals surface area contributed by atoms with E-state index in [1.165, 1.54) is 0 Å². The second kappa shape index (κ2) is 10.6. The molecular formula is C22H23Cl2N3O2. The van der Waals surface area contributed by atoms with Crippen molar-refractivity contribution < 1.29 is 9.47 Å². The maximum atomic E-state index is 6.04. The van der Waals surface area contributed by atoms with Gasteiger partial charge < -0.3 is 14.4 Å². The maximum Gasteiger partial charge on any atom is 0.232 e. The fourth-order valence-corrected chi connectivity index (χ4v) is 2.88. The molecule has 0 N–H and O–H groups in total. The fourth-order valence-electron chi connectivity index (χ4n) is 2.62. The van der Waals surface area contributed by atoms with Crippen LogP contribution in [0.25, 0.3) is 22.5 Å². The van der Waals surface area contributed by atoms with Gasteiger partial charge in [0.1, 0.15) is 12.3 Å². The van der Waals surface area contributed by atoms with E-state index in [-0.39, 0.29) is 0 Å². The highest BCUT2D eigenvalue weighted by Gasteiger charge is 2.13. The second-order valence-electron chi connectivity index (χ2n) is 6.68. The Morgan fingerprint density at radius 2 is 1.38 bits per heavy atom. The van der Waals surface area contributed by atoms with Crippen molar-refractivity contribution in [3.8, 4) is 28.4 Å². The Bertz CT molecular complexity index is 916. The summed E-state index contributed by atoms with van der Waals surface area (Å²) in [7, 11) is 4.02. The van der Waals surface area contributed by atoms with Gasteiger partial charge in [-0.1, -0.05) is 47.5 Å². The Labute approximate surface area is 181 Å². The third-order valence-corrected chi connectivity index (χ3v) is 4.65. The van der Waals surface area contributed by atoms with Crippen LogP contribution in [0.4, 0.5) is 0 Å². The Kier molecular flexibility index (Phi) is 7.83. The summed E-state index contributed by atoms with van der Waals surface area (Å²) in [5.74, 6) is 0.448. The Morgan fingerprint density at radius 1 is 0.793 bits per heavy atom. The van der Waals surface area contributed by atoms with Crippen molar-refractivity contribution in [1.82, 2.24) is 14.9 Å². The molecule has 0 bridgehead atoms. The monoisotopic (exact) mass is 431 g/mol. The first kappa shape index (κ1) is 21.5. The molecule has 0 saturated carbocycles. The lowest BCUT2D eigenvalue weighted by molar-refractivity contribution is 0.0876. The van der Waals surface area contributed by atoms with Crippen LogP contribution in [0.15, 0.2) is 54.7 Å². The zero-order chi connectivity index (χ0) is 20.6. The third kappa shape index (κ3) is 6.41. The van der Waals surface area contributed by atoms with Gasteiger partial charge in [0.2, 0.25) is 5.88 Å². The maximum absolute atomic E-state index is 6.04. The topological polar surface area (TPSA) is 47.5 Å². The summed E-state index contributed by atoms with van der Waals surface area (Å²) in [6.45, 7) is 2.43. The SMILES string of the molecule is CN(C)CCOCCOc1cnc(-c2ccc(Cl)cc2)c(-c2ccc(Cl)cc2)n1. The van der Waals surface area contributed by atoms with E-state index in [1.54, 1.807) is 6.20 Å². The minimum absolute atomic E-state index is 0.405. The summed E-state index contributed by atoms with van der Waals surface area (Å²) in [5.41, 5.74) is 3.29. The standard InChI is InChI=1S/C22H23Cl2N3O2/c1-27(2)11-12-28-13-14-29-20-15-25-21(16-3-7-18(23)8-4-16)22(26-20)17-5-9-19(24)10-6-17/h3-10,15H,11-14H2,1-2H3. The van der Waals surface area contributed by atoms with E-state index in [0.717, 1.165) is 29.1 Å². The van der Waals surface area contributed by atoms with Gasteiger partial charge in [-0.25, -0.2) is 9.97 Å². The summed E-state index contributed by atoms with van der Waals surface area (Å²) in [6.07, 6.45) is 1.63. The summed E-state index contributed by atoms with van der Waals surface area (Å²) in [5, 5.41) is 1.33. The lowest BCUT2D eigenvalue weighted by Crippen LogP contribution is -2.19. The minimum Gasteiger partial charge on any atom is -0.474 e. The highest BCUT2D eigenvalue weighted by atomic mass is 35.5. The molecule has 5 nitrogen and oxygen atoms in total. The normalized spacial score (nSPS) is 11.1. The molecule has 0 amide bonds. The number of aromatic nitrogens is 2. The molecule has 0 radical (unpaired) electrons. The van der Waals surface area contributed by atoms with Crippen molar-refractivity contribution in [2.75, 3.05) is 40.5 Å². The molecule has 1 aromatic heterocycles. The molecule has 0 spiro atoms. The zero-order valence-electron chi connectivity index (χ0n) is 16.4. The van der Waals surface area contributed by atoms with Crippen molar-refractivity contribution in [2.45, 2.75) is 0 Å². The molecule has 152 valence electrons. The van der Waals surface area contributed by atoms with E-state index < -0.39 is 0 Å². The van der Waals surface area contributed by atoms with Crippen molar-refractivity contribution in [2.24, 2.45) is 0 Å². The first-order valence-corrected chi connectivity index (χ1v) is 10.0. The van der Waals surface area contributed by atoms with Gasteiger partial charge in [0.05, 0.1) is 25.1 Å². The van der Waals surface area contributed by atoms with Gasteiger partial charge in [0.15, 0.2) is 0 Å². The van der Waals surface area contributed by atoms with Gasteiger partial charge in [-0.2, -0.15) is 0 Å². The summed E-state index contributed by atoms with van der Waals surface area (Å²) in [6, 6.07) is 15.0. The third-order valence-electron chi connectivity index (χ3n) is 4.15. The number of likely N-dealkylation sites (N-methyl/N-ethyl adjacent to an activating group) is 1. The molecule has 0 unspecified atom stereocenters. The number of ether oxygens (including phenoxy) is 2. The van der Waals surface area contributed by atoms with E-state index in [1.807, 2.05) is 62.6 Å². The van der Waals surface area contributed by atoms with Crippen LogP contribution < -0.4 is 4.74 Å². The summed E-state index contributed by atoms with van der Waals surface area (Å²) < 4.78 is 11.3. The molecule has 1 heterocycles. The largest absolute Gasteiger partial charge is 0.474 e. The van der Waals surface area contributed by atoms with E-state index in [0.29, 0.717) is 35.7 Å². The van der Waals surface area contributed by atoms with Crippen molar-refractivity contribution in [1.29, 1.82) is 0 Å². The van der Waals surface area contributed by atoms with Crippen molar-refractivity contribution >= 4 is 23.2 Å². The predicted molar refractivity (Wildman–Crippen MR) is 118 cm³/mol. The highest BCUT2D eigenvalue weighted by molar-refractivity contribution is 6.31. The van der Waals surface area contributed by atoms with E-state index in [2.05, 4.69) is 9.88 Å². The average molecular weight is 432 g/mol. The molecule has 0 aliphatic heterocycles. The lowest BCUT2D eigenvalue weighted by atomic mass is 10.0. The molecule has 0 aliphatic carbocycles. The molecule has 0 aliphatic rings. The van der Waals surface area contributed by atoms with Crippen LogP contribution in [0.2, 0.25) is 10.0 Å². The Balaban J connectivity index is 1.79. The van der Waals surface area contributed by atoms with E-state index in [9.17, 15) is 0 Å². The van der Waals surface area contributed by atoms with Crippen LogP contribution in [-0.2, 0) is 4.74 Å². The number of hydrogen-bond donors (Lipinski definition) is 0. The van der Waals surface area contributed by atoms with E-state index >= 15 is 0 Å². The molecule has 0 atom stereocenters. The number of rotatable bonds is 9. The van der Waals surface area contributed by atoms with Crippen molar-refractivity contribution in [3.05, 3.63) is 64.8 Å². The molecule has 2 aromatic carbocycles. The fraction of sp³-hybridized carbons (Fsp3) is 0.273. The number of hydrogen-bond acceptors (Lipinski definition) is 5. The minimum atomic E-state index is 0.405. The van der Waals surface area contributed by atoms with Crippen molar-refractivity contribution in [3.63, 3.8) is 0 Å². The van der Waals surface area contributed by atoms with Gasteiger partial charge in [-0.05, 0) is 38.4 Å².